The molecule has 0 aliphatic carbocycles. The molecule has 0 bridgehead atoms. The maximum atomic E-state index is 11.6. The third-order valence-electron chi connectivity index (χ3n) is 2.18. The zero-order valence-corrected chi connectivity index (χ0v) is 9.44. The van der Waals surface area contributed by atoms with Crippen LogP contribution in [0.5, 0.6) is 0 Å². The second-order valence-corrected chi connectivity index (χ2v) is 4.28. The Balaban J connectivity index is 2.48. The fourth-order valence-electron chi connectivity index (χ4n) is 1.47. The number of hydrogen-bond donors (Lipinski definition) is 1. The number of imide groups is 1. The molecule has 88 valence electrons. The lowest BCUT2D eigenvalue weighted by Gasteiger charge is -2.24. The Morgan fingerprint density at radius 2 is 2.00 bits per heavy atom. The zero-order valence-electron chi connectivity index (χ0n) is 8.62. The van der Waals surface area contributed by atoms with Gasteiger partial charge in [-0.15, -0.1) is 11.8 Å². The van der Waals surface area contributed by atoms with Gasteiger partial charge in [0.25, 0.3) is 0 Å². The highest BCUT2D eigenvalue weighted by atomic mass is 32.2. The number of pyridine rings is 1. The van der Waals surface area contributed by atoms with E-state index in [0.29, 0.717) is 0 Å². The van der Waals surface area contributed by atoms with Crippen LogP contribution in [0.4, 0.5) is 5.82 Å². The zero-order chi connectivity index (χ0) is 12.4. The van der Waals surface area contributed by atoms with Crippen LogP contribution in [0.1, 0.15) is 10.4 Å². The summed E-state index contributed by atoms with van der Waals surface area (Å²) in [5.41, 5.74) is -0.152. The van der Waals surface area contributed by atoms with E-state index in [1.165, 1.54) is 30.1 Å². The van der Waals surface area contributed by atoms with Crippen LogP contribution < -0.4 is 4.90 Å². The van der Waals surface area contributed by atoms with Crippen LogP contribution in [0.2, 0.25) is 0 Å². The van der Waals surface area contributed by atoms with Crippen molar-refractivity contribution in [1.82, 2.24) is 4.98 Å². The first-order valence-electron chi connectivity index (χ1n) is 4.73. The lowest BCUT2D eigenvalue weighted by Crippen LogP contribution is -2.44. The molecule has 0 unspecified atom stereocenters. The standard InChI is InChI=1S/C10H8N2O4S/c13-7-4-17-5-8(14)12(7)9-6(10(15)16)2-1-3-11-9/h1-3H,4-5H2,(H,15,16). The second-order valence-electron chi connectivity index (χ2n) is 3.30. The average molecular weight is 252 g/mol. The van der Waals surface area contributed by atoms with Crippen molar-refractivity contribution >= 4 is 35.4 Å². The van der Waals surface area contributed by atoms with Crippen molar-refractivity contribution in [2.24, 2.45) is 0 Å². The van der Waals surface area contributed by atoms with Crippen LogP contribution in [-0.2, 0) is 9.59 Å². The van der Waals surface area contributed by atoms with E-state index < -0.39 is 17.8 Å². The van der Waals surface area contributed by atoms with Gasteiger partial charge in [-0.3, -0.25) is 9.59 Å². The number of hydrogen-bond acceptors (Lipinski definition) is 5. The Morgan fingerprint density at radius 3 is 2.59 bits per heavy atom. The first-order chi connectivity index (χ1) is 8.11. The molecule has 1 saturated heterocycles. The molecule has 1 fully saturated rings. The van der Waals surface area contributed by atoms with Crippen LogP contribution in [0.15, 0.2) is 18.3 Å². The fourth-order valence-corrected chi connectivity index (χ4v) is 2.18. The van der Waals surface area contributed by atoms with Crippen LogP contribution >= 0.6 is 11.8 Å². The predicted molar refractivity (Wildman–Crippen MR) is 61.0 cm³/mol. The number of thioether (sulfide) groups is 1. The highest BCUT2D eigenvalue weighted by Crippen LogP contribution is 2.22. The van der Waals surface area contributed by atoms with Crippen LogP contribution in [0.3, 0.4) is 0 Å². The quantitative estimate of drug-likeness (QED) is 0.766. The highest BCUT2D eigenvalue weighted by molar-refractivity contribution is 8.00. The Morgan fingerprint density at radius 1 is 1.35 bits per heavy atom. The molecule has 7 heteroatoms. The smallest absolute Gasteiger partial charge is 0.339 e. The summed E-state index contributed by atoms with van der Waals surface area (Å²) in [7, 11) is 0. The van der Waals surface area contributed by atoms with E-state index in [1.807, 2.05) is 0 Å². The Bertz CT molecular complexity index is 487. The minimum absolute atomic E-state index is 0.102. The van der Waals surface area contributed by atoms with Gasteiger partial charge in [0.2, 0.25) is 11.8 Å². The summed E-state index contributed by atoms with van der Waals surface area (Å²) >= 11 is 1.21. The summed E-state index contributed by atoms with van der Waals surface area (Å²) < 4.78 is 0. The third kappa shape index (κ3) is 2.14. The molecule has 2 amide bonds. The molecule has 0 radical (unpaired) electrons. The predicted octanol–water partition coefficient (Wildman–Crippen LogP) is 0.386. The number of rotatable bonds is 2. The van der Waals surface area contributed by atoms with E-state index in [0.717, 1.165) is 4.90 Å². The molecule has 0 spiro atoms. The van der Waals surface area contributed by atoms with Gasteiger partial charge in [-0.1, -0.05) is 0 Å². The first-order valence-corrected chi connectivity index (χ1v) is 5.88. The van der Waals surface area contributed by atoms with Gasteiger partial charge in [0, 0.05) is 6.20 Å². The minimum Gasteiger partial charge on any atom is -0.478 e. The molecule has 1 aromatic rings. The summed E-state index contributed by atoms with van der Waals surface area (Å²) in [4.78, 5) is 38.9. The summed E-state index contributed by atoms with van der Waals surface area (Å²) in [6, 6.07) is 2.76. The van der Waals surface area contributed by atoms with Crippen LogP contribution in [0.25, 0.3) is 0 Å². The molecule has 2 rings (SSSR count). The molecular weight excluding hydrogens is 244 g/mol. The van der Waals surface area contributed by atoms with Crippen molar-refractivity contribution in [3.63, 3.8) is 0 Å². The Hall–Kier alpha value is -1.89. The first kappa shape index (κ1) is 11.6. The van der Waals surface area contributed by atoms with Crippen molar-refractivity contribution in [1.29, 1.82) is 0 Å². The molecule has 1 aliphatic heterocycles. The van der Waals surface area contributed by atoms with Crippen LogP contribution in [0, 0.1) is 0 Å². The van der Waals surface area contributed by atoms with Gasteiger partial charge in [0.15, 0.2) is 5.82 Å². The lowest BCUT2D eigenvalue weighted by atomic mass is 10.2. The minimum atomic E-state index is -1.22. The van der Waals surface area contributed by atoms with Crippen LogP contribution in [-0.4, -0.2) is 39.4 Å². The van der Waals surface area contributed by atoms with E-state index in [9.17, 15) is 14.4 Å². The molecule has 17 heavy (non-hydrogen) atoms. The number of anilines is 1. The van der Waals surface area contributed by atoms with E-state index in [4.69, 9.17) is 5.11 Å². The van der Waals surface area contributed by atoms with Gasteiger partial charge in [0.05, 0.1) is 11.5 Å². The number of aromatic nitrogens is 1. The third-order valence-corrected chi connectivity index (χ3v) is 3.08. The summed E-state index contributed by atoms with van der Waals surface area (Å²) in [5.74, 6) is -1.88. The molecule has 6 nitrogen and oxygen atoms in total. The second kappa shape index (κ2) is 4.54. The van der Waals surface area contributed by atoms with Crippen molar-refractivity contribution < 1.29 is 19.5 Å². The number of carbonyl (C=O) groups excluding carboxylic acids is 2. The summed E-state index contributed by atoms with van der Waals surface area (Å²) in [5, 5.41) is 8.97. The maximum absolute atomic E-state index is 11.6. The molecule has 0 aromatic carbocycles. The van der Waals surface area contributed by atoms with Gasteiger partial charge in [-0.25, -0.2) is 14.7 Å². The van der Waals surface area contributed by atoms with E-state index in [1.54, 1.807) is 0 Å². The lowest BCUT2D eigenvalue weighted by molar-refractivity contribution is -0.124. The van der Waals surface area contributed by atoms with Gasteiger partial charge in [0.1, 0.15) is 5.56 Å². The SMILES string of the molecule is O=C(O)c1cccnc1N1C(=O)CSCC1=O. The van der Waals surface area contributed by atoms with E-state index >= 15 is 0 Å². The van der Waals surface area contributed by atoms with E-state index in [-0.39, 0.29) is 22.9 Å². The molecule has 1 aliphatic rings. The van der Waals surface area contributed by atoms with Crippen molar-refractivity contribution in [3.8, 4) is 0 Å². The average Bonchev–Trinajstić information content (AvgIpc) is 2.29. The molecular formula is C10H8N2O4S. The summed E-state index contributed by atoms with van der Waals surface area (Å²) in [6.07, 6.45) is 1.35. The van der Waals surface area contributed by atoms with Gasteiger partial charge < -0.3 is 5.11 Å². The number of carboxylic acid groups (broad SMARTS) is 1. The molecule has 0 atom stereocenters. The van der Waals surface area contributed by atoms with Gasteiger partial charge >= 0.3 is 5.97 Å². The number of aromatic carboxylic acids is 1. The normalized spacial score (nSPS) is 16.1. The number of carboxylic acids is 1. The fraction of sp³-hybridized carbons (Fsp3) is 0.200. The molecule has 1 N–H and O–H groups in total. The topological polar surface area (TPSA) is 87.6 Å². The van der Waals surface area contributed by atoms with Crippen molar-refractivity contribution in [2.45, 2.75) is 0 Å². The molecule has 2 heterocycles. The maximum Gasteiger partial charge on any atom is 0.339 e. The highest BCUT2D eigenvalue weighted by Gasteiger charge is 2.31. The molecule has 1 aromatic heterocycles. The largest absolute Gasteiger partial charge is 0.478 e. The number of amides is 2. The molecule has 0 saturated carbocycles. The number of nitrogens with zero attached hydrogens (tertiary/aromatic N) is 2. The van der Waals surface area contributed by atoms with Gasteiger partial charge in [-0.2, -0.15) is 0 Å². The van der Waals surface area contributed by atoms with Gasteiger partial charge in [-0.05, 0) is 12.1 Å². The monoisotopic (exact) mass is 252 g/mol. The Kier molecular flexibility index (Phi) is 3.10. The van der Waals surface area contributed by atoms with E-state index in [2.05, 4.69) is 4.98 Å². The summed E-state index contributed by atoms with van der Waals surface area (Å²) in [6.45, 7) is 0. The number of carbonyl (C=O) groups is 3. The Labute approximate surface area is 101 Å². The van der Waals surface area contributed by atoms with Crippen molar-refractivity contribution in [2.75, 3.05) is 16.4 Å². The van der Waals surface area contributed by atoms with Crippen molar-refractivity contribution in [3.05, 3.63) is 23.9 Å².